The first-order valence-electron chi connectivity index (χ1n) is 9.29. The van der Waals surface area contributed by atoms with Crippen molar-refractivity contribution in [2.75, 3.05) is 49.4 Å². The zero-order chi connectivity index (χ0) is 19.6. The van der Waals surface area contributed by atoms with Gasteiger partial charge in [0.1, 0.15) is 0 Å². The Morgan fingerprint density at radius 1 is 1.25 bits per heavy atom. The summed E-state index contributed by atoms with van der Waals surface area (Å²) in [6.45, 7) is 3.18. The minimum atomic E-state index is -3.62. The van der Waals surface area contributed by atoms with Gasteiger partial charge in [-0.3, -0.25) is 9.52 Å². The van der Waals surface area contributed by atoms with Crippen LogP contribution in [0.1, 0.15) is 12.8 Å². The van der Waals surface area contributed by atoms with Gasteiger partial charge in [-0.1, -0.05) is 11.3 Å². The highest BCUT2D eigenvalue weighted by molar-refractivity contribution is 7.90. The summed E-state index contributed by atoms with van der Waals surface area (Å²) in [7, 11) is -3.62. The zero-order valence-electron chi connectivity index (χ0n) is 15.3. The van der Waals surface area contributed by atoms with Crippen molar-refractivity contribution in [1.82, 2.24) is 14.6 Å². The SMILES string of the molecule is O=C(Nc1nc2ccc(NS(=O)(=O)N3CCOCC3)cc2s1)C1CCNCC1. The summed E-state index contributed by atoms with van der Waals surface area (Å²) in [5.41, 5.74) is 1.19. The Bertz CT molecular complexity index is 950. The lowest BCUT2D eigenvalue weighted by Crippen LogP contribution is -2.43. The first-order chi connectivity index (χ1) is 13.5. The maximum atomic E-state index is 12.5. The van der Waals surface area contributed by atoms with Crippen LogP contribution in [0.3, 0.4) is 0 Å². The van der Waals surface area contributed by atoms with E-state index in [1.807, 2.05) is 0 Å². The molecule has 2 aromatic rings. The van der Waals surface area contributed by atoms with Crippen LogP contribution in [0, 0.1) is 5.92 Å². The van der Waals surface area contributed by atoms with E-state index in [0.717, 1.165) is 36.1 Å². The zero-order valence-corrected chi connectivity index (χ0v) is 16.9. The third kappa shape index (κ3) is 4.44. The number of piperidine rings is 1. The molecule has 0 unspecified atom stereocenters. The molecule has 9 nitrogen and oxygen atoms in total. The van der Waals surface area contributed by atoms with Crippen LogP contribution in [-0.2, 0) is 19.7 Å². The van der Waals surface area contributed by atoms with E-state index in [-0.39, 0.29) is 11.8 Å². The highest BCUT2D eigenvalue weighted by atomic mass is 32.2. The van der Waals surface area contributed by atoms with Gasteiger partial charge in [-0.15, -0.1) is 0 Å². The minimum absolute atomic E-state index is 0.00385. The molecule has 11 heteroatoms. The summed E-state index contributed by atoms with van der Waals surface area (Å²) in [5, 5.41) is 6.68. The van der Waals surface area contributed by atoms with Crippen molar-refractivity contribution in [1.29, 1.82) is 0 Å². The van der Waals surface area contributed by atoms with Gasteiger partial charge in [-0.05, 0) is 44.1 Å². The van der Waals surface area contributed by atoms with Gasteiger partial charge in [0.15, 0.2) is 5.13 Å². The molecule has 2 aliphatic rings. The lowest BCUT2D eigenvalue weighted by Gasteiger charge is -2.26. The van der Waals surface area contributed by atoms with Gasteiger partial charge in [-0.25, -0.2) is 4.98 Å². The van der Waals surface area contributed by atoms with Crippen LogP contribution < -0.4 is 15.4 Å². The third-order valence-corrected chi connectivity index (χ3v) is 7.36. The van der Waals surface area contributed by atoms with E-state index in [4.69, 9.17) is 4.74 Å². The number of nitrogens with zero attached hydrogens (tertiary/aromatic N) is 2. The highest BCUT2D eigenvalue weighted by Crippen LogP contribution is 2.29. The molecule has 2 aliphatic heterocycles. The van der Waals surface area contributed by atoms with Crippen molar-refractivity contribution in [3.8, 4) is 0 Å². The second-order valence-electron chi connectivity index (χ2n) is 6.83. The smallest absolute Gasteiger partial charge is 0.301 e. The molecular weight excluding hydrogens is 402 g/mol. The molecule has 0 atom stereocenters. The summed E-state index contributed by atoms with van der Waals surface area (Å²) >= 11 is 1.34. The number of ether oxygens (including phenoxy) is 1. The fourth-order valence-corrected chi connectivity index (χ4v) is 5.43. The van der Waals surface area contributed by atoms with Gasteiger partial charge in [-0.2, -0.15) is 12.7 Å². The van der Waals surface area contributed by atoms with E-state index in [1.165, 1.54) is 15.6 Å². The molecule has 1 amide bonds. The van der Waals surface area contributed by atoms with Crippen LogP contribution in [0.25, 0.3) is 10.2 Å². The Balaban J connectivity index is 1.46. The largest absolute Gasteiger partial charge is 0.379 e. The van der Waals surface area contributed by atoms with E-state index in [2.05, 4.69) is 20.3 Å². The van der Waals surface area contributed by atoms with Gasteiger partial charge in [0.05, 0.1) is 29.1 Å². The second kappa shape index (κ2) is 8.29. The van der Waals surface area contributed by atoms with Gasteiger partial charge >= 0.3 is 10.2 Å². The summed E-state index contributed by atoms with van der Waals surface area (Å²) in [5.74, 6) is -0.00189. The first-order valence-corrected chi connectivity index (χ1v) is 11.5. The van der Waals surface area contributed by atoms with Crippen LogP contribution in [0.15, 0.2) is 18.2 Å². The highest BCUT2D eigenvalue weighted by Gasteiger charge is 2.25. The molecular formula is C17H23N5O4S2. The Kier molecular flexibility index (Phi) is 5.78. The van der Waals surface area contributed by atoms with Gasteiger partial charge in [0.25, 0.3) is 0 Å². The molecule has 0 radical (unpaired) electrons. The Labute approximate surface area is 167 Å². The molecule has 4 rings (SSSR count). The average molecular weight is 426 g/mol. The van der Waals surface area contributed by atoms with E-state index in [9.17, 15) is 13.2 Å². The number of anilines is 2. The summed E-state index contributed by atoms with van der Waals surface area (Å²) in [6, 6.07) is 5.17. The topological polar surface area (TPSA) is 113 Å². The minimum Gasteiger partial charge on any atom is -0.379 e. The Morgan fingerprint density at radius 2 is 2.00 bits per heavy atom. The molecule has 2 saturated heterocycles. The lowest BCUT2D eigenvalue weighted by molar-refractivity contribution is -0.120. The molecule has 0 spiro atoms. The molecule has 3 N–H and O–H groups in total. The maximum Gasteiger partial charge on any atom is 0.301 e. The monoisotopic (exact) mass is 425 g/mol. The molecule has 0 aliphatic carbocycles. The summed E-state index contributed by atoms with van der Waals surface area (Å²) in [4.78, 5) is 16.8. The predicted molar refractivity (Wildman–Crippen MR) is 109 cm³/mol. The van der Waals surface area contributed by atoms with E-state index < -0.39 is 10.2 Å². The first kappa shape index (κ1) is 19.5. The van der Waals surface area contributed by atoms with Crippen LogP contribution in [-0.4, -0.2) is 63.0 Å². The standard InChI is InChI=1S/C17H23N5O4S2/c23-16(12-3-5-18-6-4-12)20-17-19-14-2-1-13(11-15(14)27-17)21-28(24,25)22-7-9-26-10-8-22/h1-2,11-12,18,21H,3-10H2,(H,19,20,23). The second-order valence-corrected chi connectivity index (χ2v) is 9.53. The average Bonchev–Trinajstić information content (AvgIpc) is 3.10. The quantitative estimate of drug-likeness (QED) is 0.664. The Hall–Kier alpha value is -1.79. The number of rotatable bonds is 5. The number of thiazole rings is 1. The van der Waals surface area contributed by atoms with E-state index in [1.54, 1.807) is 18.2 Å². The van der Waals surface area contributed by atoms with Crippen molar-refractivity contribution in [2.45, 2.75) is 12.8 Å². The molecule has 0 bridgehead atoms. The van der Waals surface area contributed by atoms with Gasteiger partial charge in [0.2, 0.25) is 5.91 Å². The molecule has 3 heterocycles. The van der Waals surface area contributed by atoms with Crippen molar-refractivity contribution in [3.63, 3.8) is 0 Å². The predicted octanol–water partition coefficient (Wildman–Crippen LogP) is 1.22. The fourth-order valence-electron chi connectivity index (χ4n) is 3.33. The molecule has 1 aromatic carbocycles. The van der Waals surface area contributed by atoms with Crippen molar-refractivity contribution < 1.29 is 17.9 Å². The van der Waals surface area contributed by atoms with Crippen LogP contribution in [0.4, 0.5) is 10.8 Å². The fraction of sp³-hybridized carbons (Fsp3) is 0.529. The number of hydrogen-bond acceptors (Lipinski definition) is 7. The number of morpholine rings is 1. The molecule has 0 saturated carbocycles. The lowest BCUT2D eigenvalue weighted by atomic mass is 9.97. The van der Waals surface area contributed by atoms with Crippen molar-refractivity contribution >= 4 is 48.5 Å². The number of carbonyl (C=O) groups is 1. The number of hydrogen-bond donors (Lipinski definition) is 3. The molecule has 2 fully saturated rings. The summed E-state index contributed by atoms with van der Waals surface area (Å²) < 4.78 is 35.0. The van der Waals surface area contributed by atoms with Crippen LogP contribution in [0.5, 0.6) is 0 Å². The van der Waals surface area contributed by atoms with Crippen LogP contribution >= 0.6 is 11.3 Å². The third-order valence-electron chi connectivity index (χ3n) is 4.89. The number of amides is 1. The number of carbonyl (C=O) groups excluding carboxylic acids is 1. The number of benzene rings is 1. The molecule has 28 heavy (non-hydrogen) atoms. The van der Waals surface area contributed by atoms with Crippen LogP contribution in [0.2, 0.25) is 0 Å². The molecule has 152 valence electrons. The number of fused-ring (bicyclic) bond motifs is 1. The van der Waals surface area contributed by atoms with Crippen molar-refractivity contribution in [3.05, 3.63) is 18.2 Å². The molecule has 1 aromatic heterocycles. The summed E-state index contributed by atoms with van der Waals surface area (Å²) in [6.07, 6.45) is 1.65. The van der Waals surface area contributed by atoms with E-state index >= 15 is 0 Å². The van der Waals surface area contributed by atoms with Crippen molar-refractivity contribution in [2.24, 2.45) is 5.92 Å². The number of aromatic nitrogens is 1. The number of nitrogens with one attached hydrogen (secondary N) is 3. The van der Waals surface area contributed by atoms with Gasteiger partial charge < -0.3 is 15.4 Å². The normalized spacial score (nSPS) is 19.6. The van der Waals surface area contributed by atoms with E-state index in [0.29, 0.717) is 37.1 Å². The van der Waals surface area contributed by atoms with Gasteiger partial charge in [0, 0.05) is 19.0 Å². The Morgan fingerprint density at radius 3 is 2.75 bits per heavy atom. The maximum absolute atomic E-state index is 12.5.